The minimum atomic E-state index is -0.0443. The van der Waals surface area contributed by atoms with Crippen LogP contribution in [-0.4, -0.2) is 49.8 Å². The van der Waals surface area contributed by atoms with Crippen molar-refractivity contribution in [2.75, 3.05) is 26.4 Å². The van der Waals surface area contributed by atoms with Gasteiger partial charge in [-0.2, -0.15) is 0 Å². The van der Waals surface area contributed by atoms with Crippen molar-refractivity contribution < 1.29 is 19.1 Å². The fourth-order valence-electron chi connectivity index (χ4n) is 3.68. The number of hydrogen-bond acceptors (Lipinski definition) is 4. The molecule has 2 atom stereocenters. The monoisotopic (exact) mass is 412 g/mol. The Kier molecular flexibility index (Phi) is 12.5. The molecule has 0 aromatic carbocycles. The Morgan fingerprint density at radius 3 is 1.90 bits per heavy atom. The molecule has 0 bridgehead atoms. The molecule has 0 saturated carbocycles. The maximum atomic E-state index is 11.9. The second kappa shape index (κ2) is 14.0. The van der Waals surface area contributed by atoms with Crippen LogP contribution in [0.1, 0.15) is 86.0 Å². The molecule has 2 fully saturated rings. The van der Waals surface area contributed by atoms with Crippen molar-refractivity contribution in [1.82, 2.24) is 10.6 Å². The van der Waals surface area contributed by atoms with E-state index in [0.29, 0.717) is 6.04 Å². The standard InChI is InChI=1S/C12H23NO2.C11H21NO2/c1-4-5-10(2)11(14)13-12(3)6-8-15-9-7-12;1-3-4-9(2)11(13)12-10-5-7-14-8-6-10/h10H,4-9H2,1-3H3,(H,13,14);9-10H,3-8H2,1-2H3,(H,12,13). The molecule has 0 aromatic rings. The summed E-state index contributed by atoms with van der Waals surface area (Å²) in [6, 6.07) is 0.343. The van der Waals surface area contributed by atoms with Crippen molar-refractivity contribution in [3.8, 4) is 0 Å². The Hall–Kier alpha value is -1.14. The fourth-order valence-corrected chi connectivity index (χ4v) is 3.68. The molecule has 2 aliphatic rings. The summed E-state index contributed by atoms with van der Waals surface area (Å²) in [5.41, 5.74) is -0.0443. The zero-order valence-corrected chi connectivity index (χ0v) is 19.4. The van der Waals surface area contributed by atoms with E-state index in [1.807, 2.05) is 13.8 Å². The van der Waals surface area contributed by atoms with E-state index in [9.17, 15) is 9.59 Å². The molecule has 6 nitrogen and oxygen atoms in total. The van der Waals surface area contributed by atoms with Crippen LogP contribution < -0.4 is 10.6 Å². The second-order valence-electron chi connectivity index (χ2n) is 8.94. The average Bonchev–Trinajstić information content (AvgIpc) is 2.70. The minimum Gasteiger partial charge on any atom is -0.381 e. The molecule has 2 heterocycles. The van der Waals surface area contributed by atoms with E-state index < -0.39 is 0 Å². The van der Waals surface area contributed by atoms with Crippen molar-refractivity contribution in [3.05, 3.63) is 0 Å². The average molecular weight is 413 g/mol. The van der Waals surface area contributed by atoms with Crippen LogP contribution in [0.5, 0.6) is 0 Å². The zero-order valence-electron chi connectivity index (χ0n) is 19.4. The summed E-state index contributed by atoms with van der Waals surface area (Å²) in [6.07, 6.45) is 7.87. The Labute approximate surface area is 177 Å². The van der Waals surface area contributed by atoms with E-state index in [0.717, 1.165) is 77.8 Å². The topological polar surface area (TPSA) is 76.7 Å². The predicted octanol–water partition coefficient (Wildman–Crippen LogP) is 3.83. The van der Waals surface area contributed by atoms with Crippen LogP contribution in [0.2, 0.25) is 0 Å². The summed E-state index contributed by atoms with van der Waals surface area (Å²) < 4.78 is 10.5. The zero-order chi connectivity index (χ0) is 21.7. The van der Waals surface area contributed by atoms with Gasteiger partial charge in [-0.15, -0.1) is 0 Å². The van der Waals surface area contributed by atoms with Gasteiger partial charge >= 0.3 is 0 Å². The Bertz CT molecular complexity index is 471. The third-order valence-electron chi connectivity index (χ3n) is 5.93. The number of carbonyl (C=O) groups is 2. The van der Waals surface area contributed by atoms with E-state index in [4.69, 9.17) is 9.47 Å². The smallest absolute Gasteiger partial charge is 0.223 e. The van der Waals surface area contributed by atoms with Crippen LogP contribution in [0.25, 0.3) is 0 Å². The molecule has 170 valence electrons. The summed E-state index contributed by atoms with van der Waals surface area (Å²) in [5.74, 6) is 0.692. The maximum Gasteiger partial charge on any atom is 0.223 e. The number of hydrogen-bond donors (Lipinski definition) is 2. The number of amides is 2. The lowest BCUT2D eigenvalue weighted by Gasteiger charge is -2.35. The van der Waals surface area contributed by atoms with E-state index in [1.54, 1.807) is 0 Å². The van der Waals surface area contributed by atoms with Crippen molar-refractivity contribution in [1.29, 1.82) is 0 Å². The normalized spacial score (nSPS) is 21.3. The highest BCUT2D eigenvalue weighted by molar-refractivity contribution is 5.79. The van der Waals surface area contributed by atoms with E-state index in [2.05, 4.69) is 31.4 Å². The third kappa shape index (κ3) is 10.4. The fraction of sp³-hybridized carbons (Fsp3) is 0.913. The van der Waals surface area contributed by atoms with Gasteiger partial charge in [0.2, 0.25) is 11.8 Å². The highest BCUT2D eigenvalue weighted by atomic mass is 16.5. The lowest BCUT2D eigenvalue weighted by Crippen LogP contribution is -2.51. The van der Waals surface area contributed by atoms with Crippen molar-refractivity contribution in [3.63, 3.8) is 0 Å². The van der Waals surface area contributed by atoms with Crippen LogP contribution in [-0.2, 0) is 19.1 Å². The van der Waals surface area contributed by atoms with Gasteiger partial charge in [-0.05, 0) is 45.4 Å². The first-order valence-electron chi connectivity index (χ1n) is 11.6. The molecule has 0 aliphatic carbocycles. The van der Waals surface area contributed by atoms with Crippen LogP contribution >= 0.6 is 0 Å². The lowest BCUT2D eigenvalue weighted by atomic mass is 9.91. The first-order valence-corrected chi connectivity index (χ1v) is 11.6. The molecule has 0 spiro atoms. The molecule has 2 saturated heterocycles. The minimum absolute atomic E-state index is 0.0443. The summed E-state index contributed by atoms with van der Waals surface area (Å²) in [6.45, 7) is 13.4. The van der Waals surface area contributed by atoms with Crippen molar-refractivity contribution in [2.24, 2.45) is 11.8 Å². The molecule has 2 N–H and O–H groups in total. The second-order valence-corrected chi connectivity index (χ2v) is 8.94. The first kappa shape index (κ1) is 25.9. The Morgan fingerprint density at radius 2 is 1.38 bits per heavy atom. The number of ether oxygens (including phenoxy) is 2. The van der Waals surface area contributed by atoms with E-state index in [1.165, 1.54) is 0 Å². The summed E-state index contributed by atoms with van der Waals surface area (Å²) >= 11 is 0. The van der Waals surface area contributed by atoms with Gasteiger partial charge < -0.3 is 20.1 Å². The number of nitrogens with one attached hydrogen (secondary N) is 2. The summed E-state index contributed by atoms with van der Waals surface area (Å²) in [4.78, 5) is 23.5. The van der Waals surface area contributed by atoms with Gasteiger partial charge in [0.15, 0.2) is 0 Å². The van der Waals surface area contributed by atoms with Gasteiger partial charge in [-0.3, -0.25) is 9.59 Å². The summed E-state index contributed by atoms with van der Waals surface area (Å²) in [5, 5.41) is 6.25. The van der Waals surface area contributed by atoms with Crippen LogP contribution in [0, 0.1) is 11.8 Å². The molecular weight excluding hydrogens is 368 g/mol. The van der Waals surface area contributed by atoms with Gasteiger partial charge in [-0.25, -0.2) is 0 Å². The molecular formula is C23H44N2O4. The van der Waals surface area contributed by atoms with Crippen molar-refractivity contribution >= 4 is 11.8 Å². The maximum absolute atomic E-state index is 11.9. The Morgan fingerprint density at radius 1 is 0.897 bits per heavy atom. The molecule has 2 unspecified atom stereocenters. The molecule has 6 heteroatoms. The molecule has 0 radical (unpaired) electrons. The molecule has 29 heavy (non-hydrogen) atoms. The van der Waals surface area contributed by atoms with Crippen LogP contribution in [0.15, 0.2) is 0 Å². The third-order valence-corrected chi connectivity index (χ3v) is 5.93. The molecule has 2 aliphatic heterocycles. The number of rotatable bonds is 8. The quantitative estimate of drug-likeness (QED) is 0.635. The highest BCUT2D eigenvalue weighted by Gasteiger charge is 2.30. The van der Waals surface area contributed by atoms with Gasteiger partial charge in [0.25, 0.3) is 0 Å². The van der Waals surface area contributed by atoms with Gasteiger partial charge in [0, 0.05) is 49.8 Å². The molecule has 2 rings (SSSR count). The molecule has 2 amide bonds. The SMILES string of the molecule is CCCC(C)C(=O)NC1(C)CCOCC1.CCCC(C)C(=O)NC1CCOCC1. The number of carbonyl (C=O) groups excluding carboxylic acids is 2. The lowest BCUT2D eigenvalue weighted by molar-refractivity contribution is -0.128. The van der Waals surface area contributed by atoms with E-state index >= 15 is 0 Å². The van der Waals surface area contributed by atoms with Crippen LogP contribution in [0.4, 0.5) is 0 Å². The Balaban J connectivity index is 0.000000291. The predicted molar refractivity (Wildman–Crippen MR) is 117 cm³/mol. The van der Waals surface area contributed by atoms with Gasteiger partial charge in [0.1, 0.15) is 0 Å². The van der Waals surface area contributed by atoms with Gasteiger partial charge in [-0.1, -0.05) is 40.5 Å². The first-order chi connectivity index (χ1) is 13.8. The molecule has 0 aromatic heterocycles. The van der Waals surface area contributed by atoms with Gasteiger partial charge in [0.05, 0.1) is 0 Å². The summed E-state index contributed by atoms with van der Waals surface area (Å²) in [7, 11) is 0. The van der Waals surface area contributed by atoms with Crippen molar-refractivity contribution in [2.45, 2.75) is 97.6 Å². The van der Waals surface area contributed by atoms with E-state index in [-0.39, 0.29) is 29.2 Å². The largest absolute Gasteiger partial charge is 0.381 e. The highest BCUT2D eigenvalue weighted by Crippen LogP contribution is 2.20. The van der Waals surface area contributed by atoms with Crippen LogP contribution in [0.3, 0.4) is 0 Å².